The normalized spacial score (nSPS) is 7.37. The SMILES string of the molecule is C.C.CCN(CC)C(=S)[S-].CCN(CC)C(=S)[S-].[Sn+2]. The van der Waals surface area contributed by atoms with Crippen molar-refractivity contribution in [3.63, 3.8) is 0 Å². The van der Waals surface area contributed by atoms with E-state index in [0.29, 0.717) is 8.64 Å². The predicted octanol–water partition coefficient (Wildman–Crippen LogP) is 3.21. The summed E-state index contributed by atoms with van der Waals surface area (Å²) in [7, 11) is 0. The molecular weight excluding hydrogens is 419 g/mol. The maximum absolute atomic E-state index is 4.76. The van der Waals surface area contributed by atoms with Crippen LogP contribution in [0.5, 0.6) is 0 Å². The standard InChI is InChI=1S/2C5H11NS2.2CH4.Sn/c2*1-3-6(4-2)5(7)8;;;/h2*3-4H2,1-2H3,(H,7,8);2*1H4;/q;;;;+2/p-2. The van der Waals surface area contributed by atoms with Crippen LogP contribution in [0.25, 0.3) is 0 Å². The minimum Gasteiger partial charge on any atom is -0.411 e. The van der Waals surface area contributed by atoms with E-state index in [1.54, 1.807) is 0 Å². The quantitative estimate of drug-likeness (QED) is 0.369. The Balaban J connectivity index is -0.0000000594. The van der Waals surface area contributed by atoms with Crippen LogP contribution in [0, 0.1) is 0 Å². The third-order valence-electron chi connectivity index (χ3n) is 2.04. The van der Waals surface area contributed by atoms with Crippen molar-refractivity contribution in [1.29, 1.82) is 0 Å². The first kappa shape index (κ1) is 32.1. The molecular formula is C12H28N2S4Sn. The summed E-state index contributed by atoms with van der Waals surface area (Å²) in [6.45, 7) is 11.9. The van der Waals surface area contributed by atoms with Gasteiger partial charge in [-0.15, -0.1) is 0 Å². The molecule has 0 fully saturated rings. The zero-order valence-corrected chi connectivity index (χ0v) is 17.0. The molecule has 0 amide bonds. The van der Waals surface area contributed by atoms with Gasteiger partial charge in [-0.3, -0.25) is 0 Å². The Morgan fingerprint density at radius 2 is 0.895 bits per heavy atom. The fourth-order valence-corrected chi connectivity index (χ4v) is 2.00. The first-order valence-electron chi connectivity index (χ1n) is 5.36. The van der Waals surface area contributed by atoms with Gasteiger partial charge in [-0.1, -0.05) is 23.5 Å². The van der Waals surface area contributed by atoms with Crippen molar-refractivity contribution in [3.8, 4) is 0 Å². The molecule has 0 saturated heterocycles. The molecule has 0 bridgehead atoms. The topological polar surface area (TPSA) is 6.48 Å². The van der Waals surface area contributed by atoms with Crippen molar-refractivity contribution < 1.29 is 0 Å². The van der Waals surface area contributed by atoms with Gasteiger partial charge < -0.3 is 59.5 Å². The molecule has 0 aromatic carbocycles. The number of rotatable bonds is 4. The second kappa shape index (κ2) is 21.3. The van der Waals surface area contributed by atoms with E-state index in [9.17, 15) is 0 Å². The van der Waals surface area contributed by atoms with Crippen molar-refractivity contribution in [2.45, 2.75) is 42.5 Å². The van der Waals surface area contributed by atoms with Crippen LogP contribution in [0.4, 0.5) is 0 Å². The van der Waals surface area contributed by atoms with Gasteiger partial charge in [-0.25, -0.2) is 0 Å². The fraction of sp³-hybridized carbons (Fsp3) is 0.833. The molecule has 0 spiro atoms. The Hall–Kier alpha value is 1.02. The number of hydrogen-bond donors (Lipinski definition) is 0. The maximum Gasteiger partial charge on any atom is 2.00 e. The molecule has 0 N–H and O–H groups in total. The van der Waals surface area contributed by atoms with Gasteiger partial charge in [0.2, 0.25) is 0 Å². The van der Waals surface area contributed by atoms with Crippen molar-refractivity contribution in [3.05, 3.63) is 0 Å². The summed E-state index contributed by atoms with van der Waals surface area (Å²) in [5, 5.41) is 0. The molecule has 0 unspecified atom stereocenters. The molecule has 7 heteroatoms. The summed E-state index contributed by atoms with van der Waals surface area (Å²) in [4.78, 5) is 3.93. The molecule has 2 nitrogen and oxygen atoms in total. The number of hydrogen-bond acceptors (Lipinski definition) is 4. The van der Waals surface area contributed by atoms with Crippen LogP contribution in [0.3, 0.4) is 0 Å². The summed E-state index contributed by atoms with van der Waals surface area (Å²) >= 11 is 19.0. The smallest absolute Gasteiger partial charge is 0.411 e. The average Bonchev–Trinajstić information content (AvgIpc) is 2.21. The van der Waals surface area contributed by atoms with Gasteiger partial charge in [0.25, 0.3) is 0 Å². The first-order chi connectivity index (χ1) is 7.44. The van der Waals surface area contributed by atoms with E-state index < -0.39 is 0 Å². The summed E-state index contributed by atoms with van der Waals surface area (Å²) in [5.74, 6) is 0. The van der Waals surface area contributed by atoms with Crippen LogP contribution in [0.2, 0.25) is 0 Å². The monoisotopic (exact) mass is 448 g/mol. The van der Waals surface area contributed by atoms with Crippen molar-refractivity contribution in [1.82, 2.24) is 9.80 Å². The van der Waals surface area contributed by atoms with Crippen molar-refractivity contribution in [2.75, 3.05) is 26.2 Å². The minimum absolute atomic E-state index is 0. The number of thiocarbonyl (C=S) groups is 2. The Morgan fingerprint density at radius 1 is 0.737 bits per heavy atom. The van der Waals surface area contributed by atoms with Crippen molar-refractivity contribution in [2.24, 2.45) is 0 Å². The first-order valence-corrected chi connectivity index (χ1v) is 6.99. The summed E-state index contributed by atoms with van der Waals surface area (Å²) in [5.41, 5.74) is 0. The summed E-state index contributed by atoms with van der Waals surface area (Å²) < 4.78 is 1.16. The number of nitrogens with zero attached hydrogens (tertiary/aromatic N) is 2. The van der Waals surface area contributed by atoms with E-state index in [1.165, 1.54) is 0 Å². The van der Waals surface area contributed by atoms with E-state index in [-0.39, 0.29) is 38.8 Å². The minimum atomic E-state index is 0. The second-order valence-electron chi connectivity index (χ2n) is 2.88. The molecule has 0 rings (SSSR count). The van der Waals surface area contributed by atoms with Gasteiger partial charge in [0.15, 0.2) is 0 Å². The van der Waals surface area contributed by atoms with E-state index in [2.05, 4.69) is 0 Å². The maximum atomic E-state index is 4.76. The van der Waals surface area contributed by atoms with Crippen LogP contribution in [-0.4, -0.2) is 68.5 Å². The van der Waals surface area contributed by atoms with Gasteiger partial charge in [0.1, 0.15) is 0 Å². The van der Waals surface area contributed by atoms with Crippen LogP contribution in [0.1, 0.15) is 42.5 Å². The zero-order chi connectivity index (χ0) is 13.1. The van der Waals surface area contributed by atoms with Crippen LogP contribution < -0.4 is 0 Å². The Morgan fingerprint density at radius 3 is 0.895 bits per heavy atom. The van der Waals surface area contributed by atoms with Crippen molar-refractivity contribution >= 4 is 82.2 Å². The molecule has 19 heavy (non-hydrogen) atoms. The molecule has 0 aliphatic heterocycles. The molecule has 0 aromatic rings. The third-order valence-corrected chi connectivity index (χ3v) is 3.08. The molecule has 114 valence electrons. The van der Waals surface area contributed by atoms with Gasteiger partial charge in [0, 0.05) is 26.2 Å². The van der Waals surface area contributed by atoms with Gasteiger partial charge >= 0.3 is 23.9 Å². The third kappa shape index (κ3) is 19.0. The van der Waals surface area contributed by atoms with E-state index in [1.807, 2.05) is 37.5 Å². The molecule has 2 radical (unpaired) electrons. The molecule has 0 aliphatic carbocycles. The molecule has 0 atom stereocenters. The van der Waals surface area contributed by atoms with Crippen LogP contribution in [-0.2, 0) is 25.3 Å². The molecule has 0 saturated carbocycles. The summed E-state index contributed by atoms with van der Waals surface area (Å²) in [6.07, 6.45) is 0. The predicted molar refractivity (Wildman–Crippen MR) is 105 cm³/mol. The zero-order valence-electron chi connectivity index (χ0n) is 10.9. The average molecular weight is 447 g/mol. The van der Waals surface area contributed by atoms with E-state index in [0.717, 1.165) is 26.2 Å². The Kier molecular flexibility index (Phi) is 36.0. The van der Waals surface area contributed by atoms with Gasteiger partial charge in [0.05, 0.1) is 0 Å². The second-order valence-corrected chi connectivity index (χ2v) is 4.94. The molecule has 0 aromatic heterocycles. The van der Waals surface area contributed by atoms with E-state index in [4.69, 9.17) is 49.7 Å². The Labute approximate surface area is 159 Å². The fourth-order valence-electron chi connectivity index (χ4n) is 0.964. The van der Waals surface area contributed by atoms with E-state index >= 15 is 0 Å². The molecule has 0 aliphatic rings. The molecule has 0 heterocycles. The van der Waals surface area contributed by atoms with Crippen LogP contribution >= 0.6 is 24.4 Å². The summed E-state index contributed by atoms with van der Waals surface area (Å²) in [6, 6.07) is 0. The Bertz CT molecular complexity index is 186. The largest absolute Gasteiger partial charge is 2.00 e. The van der Waals surface area contributed by atoms with Crippen LogP contribution in [0.15, 0.2) is 0 Å². The van der Waals surface area contributed by atoms with Gasteiger partial charge in [-0.05, 0) is 27.7 Å². The van der Waals surface area contributed by atoms with Gasteiger partial charge in [-0.2, -0.15) is 0 Å².